The molecule has 0 aliphatic heterocycles. The van der Waals surface area contributed by atoms with Crippen LogP contribution in [0, 0.1) is 0 Å². The van der Waals surface area contributed by atoms with Crippen LogP contribution in [-0.2, 0) is 11.8 Å². The molecule has 1 amide bonds. The molecule has 5 heterocycles. The Morgan fingerprint density at radius 3 is 2.74 bits per heavy atom. The van der Waals surface area contributed by atoms with Crippen molar-refractivity contribution in [2.75, 3.05) is 7.11 Å². The molecule has 0 atom stereocenters. The number of aromatic nitrogens is 7. The topological polar surface area (TPSA) is 115 Å². The van der Waals surface area contributed by atoms with Gasteiger partial charge in [-0.1, -0.05) is 0 Å². The van der Waals surface area contributed by atoms with Gasteiger partial charge in [0.2, 0.25) is 0 Å². The van der Waals surface area contributed by atoms with E-state index in [1.165, 1.54) is 0 Å². The molecule has 35 heavy (non-hydrogen) atoms. The molecule has 1 saturated carbocycles. The number of ether oxygens (including phenoxy) is 1. The zero-order valence-electron chi connectivity index (χ0n) is 19.6. The molecule has 2 N–H and O–H groups in total. The summed E-state index contributed by atoms with van der Waals surface area (Å²) in [6, 6.07) is 5.93. The minimum Gasteiger partial charge on any atom is -0.381 e. The van der Waals surface area contributed by atoms with E-state index in [1.807, 2.05) is 43.8 Å². The summed E-state index contributed by atoms with van der Waals surface area (Å²) in [4.78, 5) is 25.9. The van der Waals surface area contributed by atoms with E-state index in [0.717, 1.165) is 53.5 Å². The van der Waals surface area contributed by atoms with Gasteiger partial charge >= 0.3 is 0 Å². The Morgan fingerprint density at radius 1 is 1.11 bits per heavy atom. The maximum atomic E-state index is 13.1. The van der Waals surface area contributed by atoms with E-state index in [9.17, 15) is 4.79 Å². The Morgan fingerprint density at radius 2 is 1.97 bits per heavy atom. The number of methoxy groups -OCH3 is 1. The highest BCUT2D eigenvalue weighted by atomic mass is 16.5. The Hall–Kier alpha value is -4.05. The van der Waals surface area contributed by atoms with E-state index in [1.54, 1.807) is 28.7 Å². The number of fused-ring (bicyclic) bond motifs is 2. The number of aromatic amines is 1. The number of amides is 1. The van der Waals surface area contributed by atoms with Gasteiger partial charge in [-0.3, -0.25) is 9.48 Å². The van der Waals surface area contributed by atoms with Crippen LogP contribution >= 0.6 is 0 Å². The largest absolute Gasteiger partial charge is 0.381 e. The predicted octanol–water partition coefficient (Wildman–Crippen LogP) is 3.36. The maximum absolute atomic E-state index is 13.1. The number of nitrogens with zero attached hydrogens (tertiary/aromatic N) is 6. The molecule has 10 nitrogen and oxygen atoms in total. The van der Waals surface area contributed by atoms with E-state index < -0.39 is 0 Å². The first-order valence-electron chi connectivity index (χ1n) is 11.7. The first-order valence-corrected chi connectivity index (χ1v) is 11.7. The molecule has 0 spiro atoms. The van der Waals surface area contributed by atoms with Crippen LogP contribution in [0.5, 0.6) is 0 Å². The summed E-state index contributed by atoms with van der Waals surface area (Å²) >= 11 is 0. The molecule has 0 saturated heterocycles. The molecule has 178 valence electrons. The third kappa shape index (κ3) is 3.95. The maximum Gasteiger partial charge on any atom is 0.255 e. The molecule has 6 rings (SSSR count). The van der Waals surface area contributed by atoms with Crippen molar-refractivity contribution in [3.8, 4) is 22.6 Å². The molecular formula is C25H26N8O2. The summed E-state index contributed by atoms with van der Waals surface area (Å²) in [6.07, 6.45) is 13.1. The SMILES string of the molecule is COC1CCC(NC(=O)c2cnn3ccc(-c4nc(-c5cnn(C)c5)c5cc[nH]c5n4)cc23)CC1. The van der Waals surface area contributed by atoms with Crippen LogP contribution in [0.3, 0.4) is 0 Å². The quantitative estimate of drug-likeness (QED) is 0.407. The van der Waals surface area contributed by atoms with Gasteiger partial charge in [0, 0.05) is 55.3 Å². The standard InChI is InChI=1S/C25H26N8O2/c1-32-14-16(12-27-32)22-19-7-9-26-24(19)31-23(30-22)15-8-10-33-21(11-15)20(13-28-33)25(34)29-17-3-5-18(35-2)6-4-17/h7-14,17-18H,3-6H2,1-2H3,(H,29,34)(H,26,30,31). The highest BCUT2D eigenvalue weighted by Crippen LogP contribution is 2.29. The van der Waals surface area contributed by atoms with E-state index >= 15 is 0 Å². The number of hydrogen-bond acceptors (Lipinski definition) is 6. The molecule has 5 aromatic heterocycles. The molecule has 1 aliphatic rings. The molecule has 1 fully saturated rings. The van der Waals surface area contributed by atoms with Gasteiger partial charge in [0.05, 0.1) is 35.3 Å². The summed E-state index contributed by atoms with van der Waals surface area (Å²) in [5.41, 5.74) is 4.51. The summed E-state index contributed by atoms with van der Waals surface area (Å²) in [7, 11) is 3.63. The van der Waals surface area contributed by atoms with Crippen molar-refractivity contribution in [1.82, 2.24) is 39.7 Å². The zero-order chi connectivity index (χ0) is 23.9. The van der Waals surface area contributed by atoms with Crippen molar-refractivity contribution in [3.63, 3.8) is 0 Å². The van der Waals surface area contributed by atoms with Crippen molar-refractivity contribution in [3.05, 3.63) is 54.7 Å². The van der Waals surface area contributed by atoms with Gasteiger partial charge in [-0.25, -0.2) is 14.5 Å². The zero-order valence-corrected chi connectivity index (χ0v) is 19.6. The number of aryl methyl sites for hydroxylation is 1. The summed E-state index contributed by atoms with van der Waals surface area (Å²) in [5, 5.41) is 12.8. The van der Waals surface area contributed by atoms with Gasteiger partial charge in [-0.15, -0.1) is 0 Å². The number of pyridine rings is 1. The second-order valence-electron chi connectivity index (χ2n) is 9.02. The normalized spacial score (nSPS) is 18.3. The molecule has 0 radical (unpaired) electrons. The second kappa shape index (κ2) is 8.62. The summed E-state index contributed by atoms with van der Waals surface area (Å²) in [6.45, 7) is 0. The lowest BCUT2D eigenvalue weighted by Gasteiger charge is -2.28. The highest BCUT2D eigenvalue weighted by molar-refractivity contribution is 6.01. The molecule has 5 aromatic rings. The Kier molecular flexibility index (Phi) is 5.29. The minimum atomic E-state index is -0.116. The predicted molar refractivity (Wildman–Crippen MR) is 131 cm³/mol. The minimum absolute atomic E-state index is 0.116. The van der Waals surface area contributed by atoms with E-state index in [-0.39, 0.29) is 18.1 Å². The average Bonchev–Trinajstić information content (AvgIpc) is 3.62. The van der Waals surface area contributed by atoms with Crippen LogP contribution < -0.4 is 5.32 Å². The number of nitrogens with one attached hydrogen (secondary N) is 2. The van der Waals surface area contributed by atoms with Crippen molar-refractivity contribution < 1.29 is 9.53 Å². The van der Waals surface area contributed by atoms with Crippen LogP contribution in [0.4, 0.5) is 0 Å². The third-order valence-electron chi connectivity index (χ3n) is 6.76. The van der Waals surface area contributed by atoms with Crippen LogP contribution in [0.2, 0.25) is 0 Å². The van der Waals surface area contributed by atoms with Crippen LogP contribution in [0.15, 0.2) is 49.2 Å². The van der Waals surface area contributed by atoms with E-state index in [4.69, 9.17) is 14.7 Å². The number of H-pyrrole nitrogens is 1. The molecular weight excluding hydrogens is 444 g/mol. The van der Waals surface area contributed by atoms with Gasteiger partial charge in [0.25, 0.3) is 5.91 Å². The number of hydrogen-bond donors (Lipinski definition) is 2. The number of carbonyl (C=O) groups excluding carboxylic acids is 1. The Balaban J connectivity index is 1.34. The second-order valence-corrected chi connectivity index (χ2v) is 9.02. The van der Waals surface area contributed by atoms with Gasteiger partial charge in [-0.05, 0) is 43.9 Å². The first kappa shape index (κ1) is 21.5. The fourth-order valence-electron chi connectivity index (χ4n) is 4.83. The lowest BCUT2D eigenvalue weighted by molar-refractivity contribution is 0.0599. The van der Waals surface area contributed by atoms with E-state index in [2.05, 4.69) is 20.5 Å². The molecule has 0 aromatic carbocycles. The van der Waals surface area contributed by atoms with Gasteiger partial charge in [0.1, 0.15) is 5.65 Å². The summed E-state index contributed by atoms with van der Waals surface area (Å²) < 4.78 is 8.90. The van der Waals surface area contributed by atoms with Crippen LogP contribution in [-0.4, -0.2) is 59.5 Å². The van der Waals surface area contributed by atoms with Crippen molar-refractivity contribution in [2.24, 2.45) is 7.05 Å². The first-order chi connectivity index (χ1) is 17.1. The average molecular weight is 471 g/mol. The van der Waals surface area contributed by atoms with E-state index in [0.29, 0.717) is 16.9 Å². The van der Waals surface area contributed by atoms with Gasteiger partial charge in [-0.2, -0.15) is 10.2 Å². The van der Waals surface area contributed by atoms with Crippen molar-refractivity contribution in [1.29, 1.82) is 0 Å². The Bertz CT molecular complexity index is 1520. The molecule has 10 heteroatoms. The van der Waals surface area contributed by atoms with Crippen LogP contribution in [0.25, 0.3) is 39.2 Å². The van der Waals surface area contributed by atoms with Crippen molar-refractivity contribution in [2.45, 2.75) is 37.8 Å². The van der Waals surface area contributed by atoms with Gasteiger partial charge < -0.3 is 15.0 Å². The highest BCUT2D eigenvalue weighted by Gasteiger charge is 2.24. The van der Waals surface area contributed by atoms with Crippen LogP contribution in [0.1, 0.15) is 36.0 Å². The fourth-order valence-corrected chi connectivity index (χ4v) is 4.83. The lowest BCUT2D eigenvalue weighted by Crippen LogP contribution is -2.38. The Labute approximate surface area is 201 Å². The number of rotatable bonds is 5. The molecule has 1 aliphatic carbocycles. The summed E-state index contributed by atoms with van der Waals surface area (Å²) in [5.74, 6) is 0.446. The third-order valence-corrected chi connectivity index (χ3v) is 6.76. The smallest absolute Gasteiger partial charge is 0.255 e. The molecule has 0 bridgehead atoms. The number of carbonyl (C=O) groups is 1. The monoisotopic (exact) mass is 470 g/mol. The molecule has 0 unspecified atom stereocenters. The lowest BCUT2D eigenvalue weighted by atomic mass is 9.93. The fraction of sp³-hybridized carbons (Fsp3) is 0.320. The van der Waals surface area contributed by atoms with Gasteiger partial charge in [0.15, 0.2) is 5.82 Å². The van der Waals surface area contributed by atoms with Crippen molar-refractivity contribution >= 4 is 22.5 Å².